The lowest BCUT2D eigenvalue weighted by Gasteiger charge is -2.32. The third-order valence-electron chi connectivity index (χ3n) is 3.12. The number of hydrogen-bond acceptors (Lipinski definition) is 3. The third kappa shape index (κ3) is 2.93. The number of hydrogen-bond donors (Lipinski definition) is 0. The Morgan fingerprint density at radius 3 is 3.00 bits per heavy atom. The summed E-state index contributed by atoms with van der Waals surface area (Å²) in [6, 6.07) is 2.56. The molecule has 0 bridgehead atoms. The Hall–Kier alpha value is -0.190. The number of piperidine rings is 1. The van der Waals surface area contributed by atoms with Gasteiger partial charge >= 0.3 is 0 Å². The maximum Gasteiger partial charge on any atom is 0.165 e. The number of aromatic nitrogens is 2. The van der Waals surface area contributed by atoms with Gasteiger partial charge in [-0.05, 0) is 48.4 Å². The molecule has 5 heteroatoms. The van der Waals surface area contributed by atoms with Crippen molar-refractivity contribution >= 4 is 27.5 Å². The van der Waals surface area contributed by atoms with Crippen molar-refractivity contribution in [2.24, 2.45) is 0 Å². The fraction of sp³-hybridized carbons (Fsp3) is 0.636. The molecule has 1 saturated heterocycles. The van der Waals surface area contributed by atoms with E-state index in [9.17, 15) is 0 Å². The predicted molar refractivity (Wildman–Crippen MR) is 68.7 cm³/mol. The van der Waals surface area contributed by atoms with Crippen molar-refractivity contribution in [1.29, 1.82) is 0 Å². The fourth-order valence-corrected chi connectivity index (χ4v) is 2.57. The average molecular weight is 305 g/mol. The van der Waals surface area contributed by atoms with Crippen molar-refractivity contribution < 1.29 is 0 Å². The molecule has 1 aliphatic rings. The van der Waals surface area contributed by atoms with Gasteiger partial charge in [0.05, 0.1) is 10.2 Å². The molecule has 16 heavy (non-hydrogen) atoms. The molecule has 1 fully saturated rings. The van der Waals surface area contributed by atoms with Gasteiger partial charge in [-0.25, -0.2) is 0 Å². The molecular weight excluding hydrogens is 289 g/mol. The molecule has 1 aromatic rings. The molecule has 0 aliphatic carbocycles. The Labute approximate surface area is 109 Å². The number of rotatable bonds is 2. The van der Waals surface area contributed by atoms with E-state index in [0.717, 1.165) is 16.6 Å². The van der Waals surface area contributed by atoms with E-state index in [1.54, 1.807) is 0 Å². The Kier molecular flexibility index (Phi) is 4.16. The summed E-state index contributed by atoms with van der Waals surface area (Å²) in [4.78, 5) is 2.41. The number of likely N-dealkylation sites (tertiary alicyclic amines) is 1. The molecule has 88 valence electrons. The maximum atomic E-state index is 5.82. The Bertz CT molecular complexity index is 372. The third-order valence-corrected chi connectivity index (χ3v) is 4.23. The minimum absolute atomic E-state index is 0.431. The van der Waals surface area contributed by atoms with E-state index in [1.807, 2.05) is 6.07 Å². The van der Waals surface area contributed by atoms with Gasteiger partial charge in [-0.3, -0.25) is 0 Å². The molecule has 0 amide bonds. The van der Waals surface area contributed by atoms with Crippen molar-refractivity contribution in [3.63, 3.8) is 0 Å². The van der Waals surface area contributed by atoms with Crippen LogP contribution in [0.25, 0.3) is 0 Å². The molecule has 0 N–H and O–H groups in total. The molecule has 0 aromatic carbocycles. The second-order valence-corrected chi connectivity index (χ2v) is 5.52. The Morgan fingerprint density at radius 2 is 2.31 bits per heavy atom. The quantitative estimate of drug-likeness (QED) is 0.841. The first-order valence-corrected chi connectivity index (χ1v) is 6.72. The van der Waals surface area contributed by atoms with Gasteiger partial charge in [0.2, 0.25) is 0 Å². The predicted octanol–water partition coefficient (Wildman–Crippen LogP) is 2.92. The van der Waals surface area contributed by atoms with Gasteiger partial charge in [-0.15, -0.1) is 5.10 Å². The minimum Gasteiger partial charge on any atom is -0.303 e. The highest BCUT2D eigenvalue weighted by Crippen LogP contribution is 2.22. The highest BCUT2D eigenvalue weighted by atomic mass is 79.9. The van der Waals surface area contributed by atoms with E-state index < -0.39 is 0 Å². The van der Waals surface area contributed by atoms with Crippen molar-refractivity contribution in [2.75, 3.05) is 13.6 Å². The lowest BCUT2D eigenvalue weighted by Crippen LogP contribution is -2.37. The zero-order valence-electron chi connectivity index (χ0n) is 9.29. The highest BCUT2D eigenvalue weighted by Gasteiger charge is 2.20. The van der Waals surface area contributed by atoms with Crippen LogP contribution in [-0.4, -0.2) is 34.7 Å². The number of nitrogens with zero attached hydrogens (tertiary/aromatic N) is 3. The van der Waals surface area contributed by atoms with Crippen LogP contribution in [-0.2, 0) is 6.42 Å². The van der Waals surface area contributed by atoms with E-state index in [0.29, 0.717) is 11.2 Å². The largest absolute Gasteiger partial charge is 0.303 e. The zero-order chi connectivity index (χ0) is 11.5. The van der Waals surface area contributed by atoms with Crippen LogP contribution >= 0.6 is 27.5 Å². The van der Waals surface area contributed by atoms with Gasteiger partial charge < -0.3 is 4.90 Å². The van der Waals surface area contributed by atoms with Crippen molar-refractivity contribution in [2.45, 2.75) is 31.7 Å². The molecule has 1 aromatic heterocycles. The smallest absolute Gasteiger partial charge is 0.165 e. The molecule has 2 rings (SSSR count). The number of likely N-dealkylation sites (N-methyl/N-ethyl adjacent to an activating group) is 1. The van der Waals surface area contributed by atoms with Gasteiger partial charge in [0.1, 0.15) is 0 Å². The normalized spacial score (nSPS) is 22.3. The average Bonchev–Trinajstić information content (AvgIpc) is 2.27. The van der Waals surface area contributed by atoms with Crippen LogP contribution in [0, 0.1) is 0 Å². The van der Waals surface area contributed by atoms with Crippen molar-refractivity contribution in [3.8, 4) is 0 Å². The van der Waals surface area contributed by atoms with Crippen LogP contribution in [0.1, 0.15) is 25.0 Å². The van der Waals surface area contributed by atoms with Gasteiger partial charge in [0.15, 0.2) is 5.15 Å². The molecule has 0 saturated carbocycles. The monoisotopic (exact) mass is 303 g/mol. The molecule has 3 nitrogen and oxygen atoms in total. The topological polar surface area (TPSA) is 29.0 Å². The lowest BCUT2D eigenvalue weighted by molar-refractivity contribution is 0.183. The summed E-state index contributed by atoms with van der Waals surface area (Å²) < 4.78 is 0.831. The van der Waals surface area contributed by atoms with Crippen LogP contribution in [0.4, 0.5) is 0 Å². The minimum atomic E-state index is 0.431. The molecular formula is C11H15BrClN3. The molecule has 1 atom stereocenters. The van der Waals surface area contributed by atoms with Gasteiger partial charge in [-0.2, -0.15) is 5.10 Å². The first-order chi connectivity index (χ1) is 7.66. The summed E-state index contributed by atoms with van der Waals surface area (Å²) in [5, 5.41) is 8.48. The first-order valence-electron chi connectivity index (χ1n) is 5.54. The van der Waals surface area contributed by atoms with E-state index in [4.69, 9.17) is 11.6 Å². The van der Waals surface area contributed by atoms with Gasteiger partial charge in [0.25, 0.3) is 0 Å². The van der Waals surface area contributed by atoms with E-state index >= 15 is 0 Å². The summed E-state index contributed by atoms with van der Waals surface area (Å²) in [5.41, 5.74) is 1.01. The summed E-state index contributed by atoms with van der Waals surface area (Å²) in [6.45, 7) is 1.19. The van der Waals surface area contributed by atoms with Crippen LogP contribution in [0.2, 0.25) is 5.15 Å². The van der Waals surface area contributed by atoms with Crippen molar-refractivity contribution in [3.05, 3.63) is 21.4 Å². The standard InChI is InChI=1S/C11H15BrClN3/c1-16-5-3-2-4-9(16)6-8-7-10(12)11(13)15-14-8/h7,9H,2-6H2,1H3. The fourth-order valence-electron chi connectivity index (χ4n) is 2.13. The SMILES string of the molecule is CN1CCCCC1Cc1cc(Br)c(Cl)nn1. The first kappa shape index (κ1) is 12.3. The Balaban J connectivity index is 2.05. The van der Waals surface area contributed by atoms with Gasteiger partial charge in [0, 0.05) is 12.5 Å². The van der Waals surface area contributed by atoms with Crippen molar-refractivity contribution in [1.82, 2.24) is 15.1 Å². The van der Waals surface area contributed by atoms with E-state index in [1.165, 1.54) is 25.8 Å². The maximum absolute atomic E-state index is 5.82. The lowest BCUT2D eigenvalue weighted by atomic mass is 9.99. The summed E-state index contributed by atoms with van der Waals surface area (Å²) in [6.07, 6.45) is 4.83. The van der Waals surface area contributed by atoms with E-state index in [-0.39, 0.29) is 0 Å². The second kappa shape index (κ2) is 5.43. The molecule has 1 aliphatic heterocycles. The zero-order valence-corrected chi connectivity index (χ0v) is 11.6. The highest BCUT2D eigenvalue weighted by molar-refractivity contribution is 9.10. The molecule has 1 unspecified atom stereocenters. The van der Waals surface area contributed by atoms with Crippen LogP contribution in [0.15, 0.2) is 10.5 Å². The van der Waals surface area contributed by atoms with Crippen LogP contribution < -0.4 is 0 Å². The van der Waals surface area contributed by atoms with Crippen LogP contribution in [0.3, 0.4) is 0 Å². The molecule has 0 spiro atoms. The molecule has 2 heterocycles. The number of halogens is 2. The van der Waals surface area contributed by atoms with Gasteiger partial charge in [-0.1, -0.05) is 18.0 Å². The molecule has 0 radical (unpaired) electrons. The second-order valence-electron chi connectivity index (χ2n) is 4.31. The Morgan fingerprint density at radius 1 is 1.50 bits per heavy atom. The summed E-state index contributed by atoms with van der Waals surface area (Å²) in [5.74, 6) is 0. The summed E-state index contributed by atoms with van der Waals surface area (Å²) >= 11 is 9.20. The van der Waals surface area contributed by atoms with E-state index in [2.05, 4.69) is 38.1 Å². The summed E-state index contributed by atoms with van der Waals surface area (Å²) in [7, 11) is 2.18. The van der Waals surface area contributed by atoms with Crippen LogP contribution in [0.5, 0.6) is 0 Å².